The number of ether oxygens (including phenoxy) is 1. The first kappa shape index (κ1) is 22.8. The van der Waals surface area contributed by atoms with E-state index >= 15 is 0 Å². The molecule has 0 spiro atoms. The summed E-state index contributed by atoms with van der Waals surface area (Å²) in [6.07, 6.45) is 8.97. The summed E-state index contributed by atoms with van der Waals surface area (Å²) in [5.41, 5.74) is 0.865. The fraction of sp³-hybridized carbons (Fsp3) is 0.923. The standard InChI is InChI=1S/C26H44O3/c1-8-29-23(28)17(2)10-11-19-18(3)20(27)16-22-25(19,6)15-12-21-24(4,5)13-9-14-26(21,22)7/h17-19,21-22H,8-16H2,1-7H3. The van der Waals surface area contributed by atoms with E-state index in [9.17, 15) is 9.59 Å². The van der Waals surface area contributed by atoms with E-state index in [1.807, 2.05) is 13.8 Å². The van der Waals surface area contributed by atoms with Gasteiger partial charge in [0.05, 0.1) is 12.5 Å². The van der Waals surface area contributed by atoms with E-state index in [1.165, 1.54) is 32.1 Å². The zero-order valence-electron chi connectivity index (χ0n) is 20.0. The summed E-state index contributed by atoms with van der Waals surface area (Å²) < 4.78 is 5.23. The van der Waals surface area contributed by atoms with Crippen LogP contribution in [-0.4, -0.2) is 18.4 Å². The molecule has 3 saturated carbocycles. The molecule has 3 aliphatic carbocycles. The molecule has 29 heavy (non-hydrogen) atoms. The van der Waals surface area contributed by atoms with Crippen molar-refractivity contribution in [2.75, 3.05) is 6.61 Å². The van der Waals surface area contributed by atoms with Gasteiger partial charge in [-0.05, 0) is 79.4 Å². The summed E-state index contributed by atoms with van der Waals surface area (Å²) in [7, 11) is 0. The Balaban J connectivity index is 1.86. The smallest absolute Gasteiger partial charge is 0.308 e. The average Bonchev–Trinajstić information content (AvgIpc) is 2.63. The van der Waals surface area contributed by atoms with Crippen LogP contribution in [-0.2, 0) is 14.3 Å². The molecule has 7 unspecified atom stereocenters. The highest BCUT2D eigenvalue weighted by molar-refractivity contribution is 5.82. The average molecular weight is 405 g/mol. The number of carbonyl (C=O) groups excluding carboxylic acids is 2. The molecule has 0 saturated heterocycles. The predicted molar refractivity (Wildman–Crippen MR) is 117 cm³/mol. The monoisotopic (exact) mass is 404 g/mol. The van der Waals surface area contributed by atoms with Crippen molar-refractivity contribution in [2.45, 2.75) is 99.8 Å². The van der Waals surface area contributed by atoms with E-state index < -0.39 is 0 Å². The van der Waals surface area contributed by atoms with E-state index in [-0.39, 0.29) is 28.6 Å². The molecule has 3 fully saturated rings. The Morgan fingerprint density at radius 1 is 1.10 bits per heavy atom. The van der Waals surface area contributed by atoms with E-state index in [4.69, 9.17) is 4.74 Å². The normalized spacial score (nSPS) is 42.5. The lowest BCUT2D eigenvalue weighted by Crippen LogP contribution is -2.60. The molecule has 0 aromatic heterocycles. The van der Waals surface area contributed by atoms with Gasteiger partial charge in [0, 0.05) is 12.3 Å². The van der Waals surface area contributed by atoms with Crippen LogP contribution < -0.4 is 0 Å². The Morgan fingerprint density at radius 2 is 1.79 bits per heavy atom. The Kier molecular flexibility index (Phi) is 6.30. The molecule has 0 bridgehead atoms. The molecule has 3 nitrogen and oxygen atoms in total. The number of hydrogen-bond acceptors (Lipinski definition) is 3. The van der Waals surface area contributed by atoms with Gasteiger partial charge in [0.15, 0.2) is 0 Å². The first-order chi connectivity index (χ1) is 13.5. The molecule has 0 heterocycles. The van der Waals surface area contributed by atoms with Crippen LogP contribution in [0.4, 0.5) is 0 Å². The Morgan fingerprint density at radius 3 is 2.45 bits per heavy atom. The minimum atomic E-state index is -0.0892. The van der Waals surface area contributed by atoms with Gasteiger partial charge in [-0.15, -0.1) is 0 Å². The maximum atomic E-state index is 13.2. The molecule has 0 aliphatic heterocycles. The van der Waals surface area contributed by atoms with Gasteiger partial charge < -0.3 is 4.74 Å². The number of carbonyl (C=O) groups is 2. The lowest BCUT2D eigenvalue weighted by molar-refractivity contribution is -0.181. The van der Waals surface area contributed by atoms with E-state index in [1.54, 1.807) is 0 Å². The maximum Gasteiger partial charge on any atom is 0.308 e. The summed E-state index contributed by atoms with van der Waals surface area (Å²) in [5, 5.41) is 0. The number of fused-ring (bicyclic) bond motifs is 3. The van der Waals surface area contributed by atoms with Crippen molar-refractivity contribution in [1.82, 2.24) is 0 Å². The van der Waals surface area contributed by atoms with Gasteiger partial charge >= 0.3 is 5.97 Å². The minimum absolute atomic E-state index is 0.0817. The third kappa shape index (κ3) is 3.81. The lowest BCUT2D eigenvalue weighted by atomic mass is 9.38. The van der Waals surface area contributed by atoms with E-state index in [2.05, 4.69) is 34.6 Å². The van der Waals surface area contributed by atoms with Crippen molar-refractivity contribution in [3.05, 3.63) is 0 Å². The molecule has 3 rings (SSSR count). The van der Waals surface area contributed by atoms with Crippen molar-refractivity contribution >= 4 is 11.8 Å². The zero-order chi connectivity index (χ0) is 21.6. The molecule has 0 amide bonds. The van der Waals surface area contributed by atoms with Crippen LogP contribution in [0.3, 0.4) is 0 Å². The molecule has 0 N–H and O–H groups in total. The Bertz CT molecular complexity index is 638. The van der Waals surface area contributed by atoms with Crippen LogP contribution >= 0.6 is 0 Å². The van der Waals surface area contributed by atoms with Crippen molar-refractivity contribution in [3.63, 3.8) is 0 Å². The van der Waals surface area contributed by atoms with Gasteiger partial charge in [0.25, 0.3) is 0 Å². The second kappa shape index (κ2) is 8.00. The quantitative estimate of drug-likeness (QED) is 0.495. The van der Waals surface area contributed by atoms with Gasteiger partial charge in [0.2, 0.25) is 0 Å². The van der Waals surface area contributed by atoms with Crippen LogP contribution in [0.5, 0.6) is 0 Å². The summed E-state index contributed by atoms with van der Waals surface area (Å²) in [4.78, 5) is 25.3. The number of esters is 1. The fourth-order valence-electron chi connectivity index (χ4n) is 8.19. The van der Waals surface area contributed by atoms with Crippen LogP contribution in [0, 0.1) is 45.8 Å². The first-order valence-electron chi connectivity index (χ1n) is 12.2. The summed E-state index contributed by atoms with van der Waals surface area (Å²) in [6.45, 7) is 16.4. The second-order valence-electron chi connectivity index (χ2n) is 11.8. The van der Waals surface area contributed by atoms with Gasteiger partial charge in [-0.2, -0.15) is 0 Å². The lowest BCUT2D eigenvalue weighted by Gasteiger charge is -2.66. The first-order valence-corrected chi connectivity index (χ1v) is 12.2. The highest BCUT2D eigenvalue weighted by Gasteiger charge is 2.62. The second-order valence-corrected chi connectivity index (χ2v) is 11.8. The molecular formula is C26H44O3. The van der Waals surface area contributed by atoms with E-state index in [0.717, 1.165) is 25.2 Å². The van der Waals surface area contributed by atoms with Crippen molar-refractivity contribution in [3.8, 4) is 0 Å². The largest absolute Gasteiger partial charge is 0.466 e. The van der Waals surface area contributed by atoms with Crippen molar-refractivity contribution < 1.29 is 14.3 Å². The highest BCUT2D eigenvalue weighted by Crippen LogP contribution is 2.69. The Hall–Kier alpha value is -0.860. The summed E-state index contributed by atoms with van der Waals surface area (Å²) >= 11 is 0. The molecule has 3 aliphatic rings. The van der Waals surface area contributed by atoms with Crippen LogP contribution in [0.25, 0.3) is 0 Å². The molecule has 0 aromatic rings. The summed E-state index contributed by atoms with van der Waals surface area (Å²) in [5.74, 6) is 2.00. The highest BCUT2D eigenvalue weighted by atomic mass is 16.5. The van der Waals surface area contributed by atoms with E-state index in [0.29, 0.717) is 29.6 Å². The minimum Gasteiger partial charge on any atom is -0.466 e. The molecule has 0 radical (unpaired) electrons. The van der Waals surface area contributed by atoms with Gasteiger partial charge in [-0.3, -0.25) is 9.59 Å². The predicted octanol–water partition coefficient (Wildman–Crippen LogP) is 6.44. The van der Waals surface area contributed by atoms with Crippen molar-refractivity contribution in [1.29, 1.82) is 0 Å². The third-order valence-corrected chi connectivity index (χ3v) is 9.80. The SMILES string of the molecule is CCOC(=O)C(C)CCC1C(C)C(=O)CC2C1(C)CCC1C(C)(C)CCCC12C. The molecule has 3 heteroatoms. The van der Waals surface area contributed by atoms with Gasteiger partial charge in [-0.1, -0.05) is 48.0 Å². The summed E-state index contributed by atoms with van der Waals surface area (Å²) in [6, 6.07) is 0. The van der Waals surface area contributed by atoms with Gasteiger partial charge in [-0.25, -0.2) is 0 Å². The van der Waals surface area contributed by atoms with Gasteiger partial charge in [0.1, 0.15) is 5.78 Å². The van der Waals surface area contributed by atoms with Crippen LogP contribution in [0.1, 0.15) is 99.8 Å². The molecule has 166 valence electrons. The topological polar surface area (TPSA) is 43.4 Å². The molecular weight excluding hydrogens is 360 g/mol. The third-order valence-electron chi connectivity index (χ3n) is 9.80. The van der Waals surface area contributed by atoms with Crippen LogP contribution in [0.2, 0.25) is 0 Å². The fourth-order valence-corrected chi connectivity index (χ4v) is 8.19. The molecule has 7 atom stereocenters. The Labute approximate surface area is 178 Å². The van der Waals surface area contributed by atoms with Crippen molar-refractivity contribution in [2.24, 2.45) is 45.8 Å². The maximum absolute atomic E-state index is 13.2. The van der Waals surface area contributed by atoms with Crippen LogP contribution in [0.15, 0.2) is 0 Å². The molecule has 0 aromatic carbocycles. The number of Topliss-reactive ketones (excluding diaryl/α,β-unsaturated/α-hetero) is 1. The number of ketones is 1. The number of rotatable bonds is 5. The zero-order valence-corrected chi connectivity index (χ0v) is 20.0. The number of hydrogen-bond donors (Lipinski definition) is 0.